The van der Waals surface area contributed by atoms with Crippen LogP contribution in [0.4, 0.5) is 11.4 Å². The number of anilines is 1. The van der Waals surface area contributed by atoms with Crippen molar-refractivity contribution in [1.29, 1.82) is 0 Å². The molecular formula is C18H17Cl3N4O4S. The SMILES string of the molecule is COc1cc(NC(=S)N[C@@H](NC(=O)c2ccccc2C)C(Cl)(Cl)Cl)cc([N+](=O)[O-])c1. The Morgan fingerprint density at radius 1 is 1.20 bits per heavy atom. The number of rotatable bonds is 6. The first-order valence-electron chi connectivity index (χ1n) is 8.35. The third-order valence-electron chi connectivity index (χ3n) is 3.86. The second kappa shape index (κ2) is 10.1. The van der Waals surface area contributed by atoms with E-state index in [1.54, 1.807) is 31.2 Å². The minimum atomic E-state index is -1.95. The number of nitro groups is 1. The van der Waals surface area contributed by atoms with Gasteiger partial charge in [-0.25, -0.2) is 0 Å². The van der Waals surface area contributed by atoms with E-state index >= 15 is 0 Å². The average Bonchev–Trinajstić information content (AvgIpc) is 2.66. The van der Waals surface area contributed by atoms with Gasteiger partial charge in [0.25, 0.3) is 11.6 Å². The molecule has 0 saturated carbocycles. The van der Waals surface area contributed by atoms with Crippen LogP contribution in [-0.4, -0.2) is 33.0 Å². The summed E-state index contributed by atoms with van der Waals surface area (Å²) in [6, 6.07) is 10.9. The lowest BCUT2D eigenvalue weighted by molar-refractivity contribution is -0.384. The molecule has 3 N–H and O–H groups in total. The van der Waals surface area contributed by atoms with Crippen LogP contribution >= 0.6 is 47.0 Å². The van der Waals surface area contributed by atoms with Gasteiger partial charge >= 0.3 is 0 Å². The van der Waals surface area contributed by atoms with Crippen molar-refractivity contribution in [2.75, 3.05) is 12.4 Å². The minimum absolute atomic E-state index is 0.0426. The highest BCUT2D eigenvalue weighted by Gasteiger charge is 2.35. The number of halogens is 3. The first-order valence-corrected chi connectivity index (χ1v) is 9.89. The molecule has 1 amide bonds. The van der Waals surface area contributed by atoms with Gasteiger partial charge in [-0.2, -0.15) is 0 Å². The summed E-state index contributed by atoms with van der Waals surface area (Å²) in [6.07, 6.45) is -1.20. The number of nitrogens with zero attached hydrogens (tertiary/aromatic N) is 1. The number of nitrogens with one attached hydrogen (secondary N) is 3. The summed E-state index contributed by atoms with van der Waals surface area (Å²) in [7, 11) is 1.37. The molecule has 1 atom stereocenters. The Labute approximate surface area is 193 Å². The van der Waals surface area contributed by atoms with Crippen LogP contribution in [0.25, 0.3) is 0 Å². The molecule has 0 aromatic heterocycles. The monoisotopic (exact) mass is 490 g/mol. The zero-order valence-electron chi connectivity index (χ0n) is 15.7. The largest absolute Gasteiger partial charge is 0.496 e. The Balaban J connectivity index is 2.16. The number of nitro benzene ring substituents is 1. The zero-order chi connectivity index (χ0) is 22.5. The fraction of sp³-hybridized carbons (Fsp3) is 0.222. The van der Waals surface area contributed by atoms with Gasteiger partial charge in [0.2, 0.25) is 3.79 Å². The average molecular weight is 492 g/mol. The van der Waals surface area contributed by atoms with E-state index in [0.717, 1.165) is 5.56 Å². The fourth-order valence-corrected chi connectivity index (χ4v) is 2.98. The topological polar surface area (TPSA) is 106 Å². The second-order valence-corrected chi connectivity index (χ2v) is 8.82. The number of hydrogen-bond donors (Lipinski definition) is 3. The number of carbonyl (C=O) groups is 1. The summed E-state index contributed by atoms with van der Waals surface area (Å²) in [4.78, 5) is 23.1. The Morgan fingerprint density at radius 3 is 2.43 bits per heavy atom. The molecule has 2 aromatic rings. The first kappa shape index (κ1) is 23.9. The number of thiocarbonyl (C=S) groups is 1. The van der Waals surface area contributed by atoms with Crippen molar-refractivity contribution in [1.82, 2.24) is 10.6 Å². The summed E-state index contributed by atoms with van der Waals surface area (Å²) in [5.74, 6) is -0.225. The minimum Gasteiger partial charge on any atom is -0.496 e. The third kappa shape index (κ3) is 6.60. The fourth-order valence-electron chi connectivity index (χ4n) is 2.41. The molecule has 2 aromatic carbocycles. The first-order chi connectivity index (χ1) is 14.0. The van der Waals surface area contributed by atoms with Crippen LogP contribution in [0.5, 0.6) is 5.75 Å². The quantitative estimate of drug-likeness (QED) is 0.182. The maximum atomic E-state index is 12.6. The van der Waals surface area contributed by atoms with Gasteiger partial charge in [0.1, 0.15) is 11.9 Å². The Morgan fingerprint density at radius 2 is 1.87 bits per heavy atom. The smallest absolute Gasteiger partial charge is 0.275 e. The number of amides is 1. The van der Waals surface area contributed by atoms with Crippen LogP contribution < -0.4 is 20.7 Å². The van der Waals surface area contributed by atoms with Crippen LogP contribution in [0.2, 0.25) is 0 Å². The van der Waals surface area contributed by atoms with E-state index in [4.69, 9.17) is 51.8 Å². The molecule has 0 bridgehead atoms. The van der Waals surface area contributed by atoms with Gasteiger partial charge in [0.15, 0.2) is 5.11 Å². The highest BCUT2D eigenvalue weighted by Crippen LogP contribution is 2.30. The number of non-ortho nitro benzene ring substituents is 1. The highest BCUT2D eigenvalue weighted by atomic mass is 35.6. The van der Waals surface area contributed by atoms with Crippen LogP contribution in [-0.2, 0) is 0 Å². The molecule has 12 heteroatoms. The van der Waals surface area contributed by atoms with Crippen molar-refractivity contribution in [2.24, 2.45) is 0 Å². The standard InChI is InChI=1S/C18H17Cl3N4O4S/c1-10-5-3-4-6-14(10)15(26)23-16(18(19,20)21)24-17(30)22-11-7-12(25(27)28)9-13(8-11)29-2/h3-9,16H,1-2H3,(H,23,26)(H2,22,24,30)/t16-/m1/s1. The van der Waals surface area contributed by atoms with Gasteiger partial charge in [0, 0.05) is 17.7 Å². The Hall–Kier alpha value is -2.33. The number of benzene rings is 2. The Bertz CT molecular complexity index is 969. The number of carbonyl (C=O) groups excluding carboxylic acids is 1. The molecule has 160 valence electrons. The molecule has 0 aliphatic rings. The summed E-state index contributed by atoms with van der Waals surface area (Å²) in [5, 5.41) is 19.0. The predicted molar refractivity (Wildman–Crippen MR) is 122 cm³/mol. The van der Waals surface area contributed by atoms with E-state index in [1.807, 2.05) is 0 Å². The van der Waals surface area contributed by atoms with Gasteiger partial charge in [-0.3, -0.25) is 14.9 Å². The molecule has 0 aliphatic heterocycles. The summed E-state index contributed by atoms with van der Waals surface area (Å²) < 4.78 is 3.09. The second-order valence-electron chi connectivity index (χ2n) is 6.04. The highest BCUT2D eigenvalue weighted by molar-refractivity contribution is 7.80. The van der Waals surface area contributed by atoms with E-state index in [0.29, 0.717) is 5.56 Å². The number of ether oxygens (including phenoxy) is 1. The van der Waals surface area contributed by atoms with E-state index < -0.39 is 20.8 Å². The van der Waals surface area contributed by atoms with Gasteiger partial charge < -0.3 is 20.7 Å². The van der Waals surface area contributed by atoms with Crippen LogP contribution in [0.15, 0.2) is 42.5 Å². The lowest BCUT2D eigenvalue weighted by Crippen LogP contribution is -2.56. The molecule has 0 spiro atoms. The lowest BCUT2D eigenvalue weighted by Gasteiger charge is -2.28. The van der Waals surface area contributed by atoms with Crippen molar-refractivity contribution >= 4 is 69.4 Å². The predicted octanol–water partition coefficient (Wildman–Crippen LogP) is 4.32. The maximum absolute atomic E-state index is 12.6. The molecule has 30 heavy (non-hydrogen) atoms. The molecule has 0 fully saturated rings. The van der Waals surface area contributed by atoms with E-state index in [9.17, 15) is 14.9 Å². The number of aryl methyl sites for hydroxylation is 1. The molecule has 0 unspecified atom stereocenters. The van der Waals surface area contributed by atoms with Gasteiger partial charge in [-0.15, -0.1) is 0 Å². The molecule has 2 rings (SSSR count). The van der Waals surface area contributed by atoms with Crippen molar-refractivity contribution < 1.29 is 14.5 Å². The van der Waals surface area contributed by atoms with E-state index in [-0.39, 0.29) is 22.2 Å². The molecular weight excluding hydrogens is 475 g/mol. The van der Waals surface area contributed by atoms with Gasteiger partial charge in [0.05, 0.1) is 23.8 Å². The molecule has 0 radical (unpaired) electrons. The third-order valence-corrected chi connectivity index (χ3v) is 4.74. The van der Waals surface area contributed by atoms with Crippen molar-refractivity contribution in [3.63, 3.8) is 0 Å². The lowest BCUT2D eigenvalue weighted by atomic mass is 10.1. The Kier molecular flexibility index (Phi) is 8.08. The number of alkyl halides is 3. The number of hydrogen-bond acceptors (Lipinski definition) is 5. The summed E-state index contributed by atoms with van der Waals surface area (Å²) in [5.41, 5.74) is 1.21. The summed E-state index contributed by atoms with van der Waals surface area (Å²) in [6.45, 7) is 1.77. The van der Waals surface area contributed by atoms with E-state index in [1.165, 1.54) is 25.3 Å². The van der Waals surface area contributed by atoms with Crippen LogP contribution in [0.1, 0.15) is 15.9 Å². The normalized spacial score (nSPS) is 11.9. The molecule has 0 saturated heterocycles. The van der Waals surface area contributed by atoms with Crippen molar-refractivity contribution in [3.05, 3.63) is 63.7 Å². The van der Waals surface area contributed by atoms with E-state index in [2.05, 4.69) is 16.0 Å². The summed E-state index contributed by atoms with van der Waals surface area (Å²) >= 11 is 23.2. The zero-order valence-corrected chi connectivity index (χ0v) is 18.8. The molecule has 0 aliphatic carbocycles. The van der Waals surface area contributed by atoms with Crippen molar-refractivity contribution in [2.45, 2.75) is 16.9 Å². The number of methoxy groups -OCH3 is 1. The maximum Gasteiger partial charge on any atom is 0.275 e. The van der Waals surface area contributed by atoms with Gasteiger partial charge in [-0.05, 0) is 30.8 Å². The van der Waals surface area contributed by atoms with Crippen LogP contribution in [0, 0.1) is 17.0 Å². The van der Waals surface area contributed by atoms with Gasteiger partial charge in [-0.1, -0.05) is 53.0 Å². The van der Waals surface area contributed by atoms with Crippen molar-refractivity contribution in [3.8, 4) is 5.75 Å². The molecule has 8 nitrogen and oxygen atoms in total. The molecule has 0 heterocycles. The van der Waals surface area contributed by atoms with Crippen LogP contribution in [0.3, 0.4) is 0 Å².